The summed E-state index contributed by atoms with van der Waals surface area (Å²) in [6.45, 7) is 10.6. The third-order valence-corrected chi connectivity index (χ3v) is 2.71. The average Bonchev–Trinajstić information content (AvgIpc) is 2.11. The van der Waals surface area contributed by atoms with Gasteiger partial charge in [-0.1, -0.05) is 20.8 Å². The van der Waals surface area contributed by atoms with Crippen LogP contribution in [0, 0.1) is 5.92 Å². The second kappa shape index (κ2) is 6.35. The van der Waals surface area contributed by atoms with Crippen molar-refractivity contribution in [2.75, 3.05) is 20.1 Å². The lowest BCUT2D eigenvalue weighted by molar-refractivity contribution is 0.144. The van der Waals surface area contributed by atoms with Gasteiger partial charge in [0.2, 0.25) is 0 Å². The minimum absolute atomic E-state index is 0.234. The fourth-order valence-electron chi connectivity index (χ4n) is 1.44. The Hall–Kier alpha value is -0.120. The van der Waals surface area contributed by atoms with E-state index in [1.165, 1.54) is 0 Å². The summed E-state index contributed by atoms with van der Waals surface area (Å²) in [5.41, 5.74) is 5.89. The van der Waals surface area contributed by atoms with E-state index >= 15 is 0 Å². The third kappa shape index (κ3) is 4.07. The molecule has 0 aromatic heterocycles. The normalized spacial score (nSPS) is 18.7. The SMILES string of the molecule is CCNC([C@@H](C)[C@@H](C)N)N(C)CC. The molecular weight excluding hydrogens is 162 g/mol. The largest absolute Gasteiger partial charge is 0.328 e. The predicted molar refractivity (Wildman–Crippen MR) is 58.6 cm³/mol. The number of rotatable bonds is 6. The summed E-state index contributed by atoms with van der Waals surface area (Å²) >= 11 is 0. The number of nitrogens with two attached hydrogens (primary N) is 1. The fourth-order valence-corrected chi connectivity index (χ4v) is 1.44. The summed E-state index contributed by atoms with van der Waals surface area (Å²) in [4.78, 5) is 2.30. The van der Waals surface area contributed by atoms with Crippen LogP contribution in [0.4, 0.5) is 0 Å². The monoisotopic (exact) mass is 187 g/mol. The molecule has 0 spiro atoms. The van der Waals surface area contributed by atoms with Crippen molar-refractivity contribution >= 4 is 0 Å². The summed E-state index contributed by atoms with van der Waals surface area (Å²) in [6.07, 6.45) is 0.398. The molecule has 0 heterocycles. The van der Waals surface area contributed by atoms with Crippen LogP contribution in [0.15, 0.2) is 0 Å². The van der Waals surface area contributed by atoms with Crippen LogP contribution in [0.5, 0.6) is 0 Å². The van der Waals surface area contributed by atoms with Gasteiger partial charge in [-0.25, -0.2) is 0 Å². The molecule has 0 fully saturated rings. The molecule has 0 bridgehead atoms. The van der Waals surface area contributed by atoms with Crippen molar-refractivity contribution in [2.24, 2.45) is 11.7 Å². The Labute approximate surface area is 82.7 Å². The molecule has 80 valence electrons. The first-order valence-corrected chi connectivity index (χ1v) is 5.23. The smallest absolute Gasteiger partial charge is 0.0635 e. The van der Waals surface area contributed by atoms with E-state index in [4.69, 9.17) is 5.73 Å². The lowest BCUT2D eigenvalue weighted by atomic mass is 10.00. The highest BCUT2D eigenvalue weighted by molar-refractivity contribution is 4.77. The van der Waals surface area contributed by atoms with Crippen LogP contribution in [0.3, 0.4) is 0 Å². The molecule has 3 atom stereocenters. The third-order valence-electron chi connectivity index (χ3n) is 2.71. The first kappa shape index (κ1) is 12.9. The quantitative estimate of drug-likeness (QED) is 0.606. The molecule has 3 heteroatoms. The van der Waals surface area contributed by atoms with E-state index in [-0.39, 0.29) is 6.04 Å². The van der Waals surface area contributed by atoms with Crippen molar-refractivity contribution in [3.05, 3.63) is 0 Å². The van der Waals surface area contributed by atoms with E-state index in [0.717, 1.165) is 13.1 Å². The highest BCUT2D eigenvalue weighted by Crippen LogP contribution is 2.09. The topological polar surface area (TPSA) is 41.3 Å². The Balaban J connectivity index is 4.22. The molecule has 0 aromatic carbocycles. The van der Waals surface area contributed by atoms with Crippen molar-refractivity contribution in [2.45, 2.75) is 39.9 Å². The zero-order chi connectivity index (χ0) is 10.4. The molecule has 0 aliphatic rings. The summed E-state index contributed by atoms with van der Waals surface area (Å²) in [7, 11) is 2.13. The molecule has 0 aromatic rings. The maximum absolute atomic E-state index is 5.89. The van der Waals surface area contributed by atoms with Crippen molar-refractivity contribution < 1.29 is 0 Å². The van der Waals surface area contributed by atoms with Gasteiger partial charge in [-0.2, -0.15) is 0 Å². The Kier molecular flexibility index (Phi) is 6.29. The van der Waals surface area contributed by atoms with E-state index in [1.54, 1.807) is 0 Å². The second-order valence-electron chi connectivity index (χ2n) is 3.79. The Morgan fingerprint density at radius 1 is 1.31 bits per heavy atom. The van der Waals surface area contributed by atoms with E-state index in [9.17, 15) is 0 Å². The first-order chi connectivity index (χ1) is 6.04. The molecule has 1 unspecified atom stereocenters. The minimum Gasteiger partial charge on any atom is -0.328 e. The van der Waals surface area contributed by atoms with Crippen molar-refractivity contribution in [1.29, 1.82) is 0 Å². The number of nitrogens with zero attached hydrogens (tertiary/aromatic N) is 1. The van der Waals surface area contributed by atoms with E-state index in [0.29, 0.717) is 12.1 Å². The van der Waals surface area contributed by atoms with Gasteiger partial charge < -0.3 is 11.1 Å². The summed E-state index contributed by atoms with van der Waals surface area (Å²) < 4.78 is 0. The van der Waals surface area contributed by atoms with E-state index < -0.39 is 0 Å². The lowest BCUT2D eigenvalue weighted by Crippen LogP contribution is -2.52. The van der Waals surface area contributed by atoms with E-state index in [1.807, 2.05) is 0 Å². The second-order valence-corrected chi connectivity index (χ2v) is 3.79. The highest BCUT2D eigenvalue weighted by Gasteiger charge is 2.22. The van der Waals surface area contributed by atoms with Gasteiger partial charge in [0.25, 0.3) is 0 Å². The Morgan fingerprint density at radius 2 is 1.85 bits per heavy atom. The molecule has 0 aliphatic carbocycles. The van der Waals surface area contributed by atoms with Crippen LogP contribution in [0.1, 0.15) is 27.7 Å². The van der Waals surface area contributed by atoms with Gasteiger partial charge in [0.15, 0.2) is 0 Å². The Bertz CT molecular complexity index is 125. The van der Waals surface area contributed by atoms with E-state index in [2.05, 4.69) is 45.0 Å². The molecule has 3 nitrogen and oxygen atoms in total. The number of nitrogens with one attached hydrogen (secondary N) is 1. The lowest BCUT2D eigenvalue weighted by Gasteiger charge is -2.34. The molecule has 0 amide bonds. The highest BCUT2D eigenvalue weighted by atomic mass is 15.2. The van der Waals surface area contributed by atoms with Crippen LogP contribution < -0.4 is 11.1 Å². The minimum atomic E-state index is 0.234. The molecule has 0 aliphatic heterocycles. The van der Waals surface area contributed by atoms with Crippen LogP contribution in [-0.4, -0.2) is 37.2 Å². The zero-order valence-electron chi connectivity index (χ0n) is 9.67. The molecule has 0 rings (SSSR count). The van der Waals surface area contributed by atoms with Gasteiger partial charge in [-0.3, -0.25) is 4.90 Å². The van der Waals surface area contributed by atoms with Gasteiger partial charge >= 0.3 is 0 Å². The molecule has 0 radical (unpaired) electrons. The number of hydrogen-bond donors (Lipinski definition) is 2. The standard InChI is InChI=1S/C10H25N3/c1-6-12-10(13(5)7-2)8(3)9(4)11/h8-10,12H,6-7,11H2,1-5H3/t8-,9+,10?/m0/s1. The van der Waals surface area contributed by atoms with Crippen LogP contribution in [-0.2, 0) is 0 Å². The first-order valence-electron chi connectivity index (χ1n) is 5.23. The molecule has 0 saturated carbocycles. The zero-order valence-corrected chi connectivity index (χ0v) is 9.67. The Morgan fingerprint density at radius 3 is 2.15 bits per heavy atom. The number of hydrogen-bond acceptors (Lipinski definition) is 3. The fraction of sp³-hybridized carbons (Fsp3) is 1.00. The van der Waals surface area contributed by atoms with Crippen LogP contribution in [0.25, 0.3) is 0 Å². The summed E-state index contributed by atoms with van der Waals surface area (Å²) in [5.74, 6) is 0.477. The predicted octanol–water partition coefficient (Wildman–Crippen LogP) is 0.857. The van der Waals surface area contributed by atoms with Gasteiger partial charge in [-0.05, 0) is 33.0 Å². The molecule has 3 N–H and O–H groups in total. The summed E-state index contributed by atoms with van der Waals surface area (Å²) in [5, 5.41) is 3.46. The van der Waals surface area contributed by atoms with Crippen LogP contribution in [0.2, 0.25) is 0 Å². The van der Waals surface area contributed by atoms with Gasteiger partial charge in [0.05, 0.1) is 6.17 Å². The van der Waals surface area contributed by atoms with Crippen molar-refractivity contribution in [1.82, 2.24) is 10.2 Å². The van der Waals surface area contributed by atoms with Gasteiger partial charge in [-0.15, -0.1) is 0 Å². The summed E-state index contributed by atoms with van der Waals surface area (Å²) in [6, 6.07) is 0.234. The average molecular weight is 187 g/mol. The van der Waals surface area contributed by atoms with Crippen molar-refractivity contribution in [3.63, 3.8) is 0 Å². The van der Waals surface area contributed by atoms with Gasteiger partial charge in [0, 0.05) is 6.04 Å². The maximum Gasteiger partial charge on any atom is 0.0635 e. The maximum atomic E-state index is 5.89. The van der Waals surface area contributed by atoms with Crippen LogP contribution >= 0.6 is 0 Å². The molecule has 13 heavy (non-hydrogen) atoms. The molecular formula is C10H25N3. The van der Waals surface area contributed by atoms with Crippen molar-refractivity contribution in [3.8, 4) is 0 Å². The van der Waals surface area contributed by atoms with Gasteiger partial charge in [0.1, 0.15) is 0 Å². The molecule has 0 saturated heterocycles.